The third-order valence-electron chi connectivity index (χ3n) is 2.15. The second kappa shape index (κ2) is 5.74. The summed E-state index contributed by atoms with van der Waals surface area (Å²) in [6.45, 7) is 0.531. The minimum Gasteiger partial charge on any atom is -0.364 e. The third kappa shape index (κ3) is 3.14. The molecule has 2 heterocycles. The summed E-state index contributed by atoms with van der Waals surface area (Å²) in [5.41, 5.74) is -0.123. The van der Waals surface area contributed by atoms with E-state index in [-0.39, 0.29) is 16.5 Å². The molecule has 0 bridgehead atoms. The summed E-state index contributed by atoms with van der Waals surface area (Å²) in [7, 11) is 0. The Bertz CT molecular complexity index is 547. The van der Waals surface area contributed by atoms with Crippen LogP contribution >= 0.6 is 22.9 Å². The molecule has 0 aliphatic rings. The van der Waals surface area contributed by atoms with Crippen molar-refractivity contribution in [1.29, 1.82) is 0 Å². The van der Waals surface area contributed by atoms with Gasteiger partial charge in [0.15, 0.2) is 0 Å². The van der Waals surface area contributed by atoms with Gasteiger partial charge in [-0.05, 0) is 0 Å². The Labute approximate surface area is 112 Å². The Hall–Kier alpha value is -1.73. The second-order valence-corrected chi connectivity index (χ2v) is 4.80. The van der Waals surface area contributed by atoms with Crippen LogP contribution in [-0.4, -0.2) is 21.4 Å². The monoisotopic (exact) mass is 284 g/mol. The molecule has 0 radical (unpaired) electrons. The average Bonchev–Trinajstić information content (AvgIpc) is 2.84. The summed E-state index contributed by atoms with van der Waals surface area (Å²) in [4.78, 5) is 18.4. The van der Waals surface area contributed by atoms with E-state index in [0.717, 1.165) is 5.01 Å². The van der Waals surface area contributed by atoms with E-state index in [4.69, 9.17) is 11.6 Å². The predicted molar refractivity (Wildman–Crippen MR) is 70.2 cm³/mol. The van der Waals surface area contributed by atoms with Crippen LogP contribution in [0.3, 0.4) is 0 Å². The zero-order chi connectivity index (χ0) is 13.0. The standard InChI is InChI=1S/C10H9ClN4O2S/c11-7-5-8(15(16)17)10(14-6-7)13-2-1-9-12-3-4-18-9/h3-6H,1-2H2,(H,13,14). The number of aromatic nitrogens is 2. The highest BCUT2D eigenvalue weighted by Gasteiger charge is 2.15. The summed E-state index contributed by atoms with van der Waals surface area (Å²) in [6.07, 6.45) is 3.79. The summed E-state index contributed by atoms with van der Waals surface area (Å²) in [6, 6.07) is 1.28. The number of nitrogens with zero attached hydrogens (tertiary/aromatic N) is 3. The fourth-order valence-electron chi connectivity index (χ4n) is 1.37. The number of pyridine rings is 1. The first-order chi connectivity index (χ1) is 8.66. The Morgan fingerprint density at radius 3 is 3.00 bits per heavy atom. The summed E-state index contributed by atoms with van der Waals surface area (Å²) < 4.78 is 0. The van der Waals surface area contributed by atoms with Crippen LogP contribution in [-0.2, 0) is 6.42 Å². The lowest BCUT2D eigenvalue weighted by Gasteiger charge is -2.04. The number of rotatable bonds is 5. The number of nitro groups is 1. The lowest BCUT2D eigenvalue weighted by Crippen LogP contribution is -2.08. The van der Waals surface area contributed by atoms with Gasteiger partial charge in [-0.2, -0.15) is 0 Å². The van der Waals surface area contributed by atoms with E-state index in [9.17, 15) is 10.1 Å². The number of hydrogen-bond acceptors (Lipinski definition) is 6. The van der Waals surface area contributed by atoms with Crippen molar-refractivity contribution in [2.45, 2.75) is 6.42 Å². The zero-order valence-corrected chi connectivity index (χ0v) is 10.7. The van der Waals surface area contributed by atoms with Crippen LogP contribution in [0.2, 0.25) is 5.02 Å². The van der Waals surface area contributed by atoms with E-state index in [1.807, 2.05) is 5.38 Å². The lowest BCUT2D eigenvalue weighted by atomic mass is 10.3. The number of thiazole rings is 1. The minimum atomic E-state index is -0.509. The molecule has 6 nitrogen and oxygen atoms in total. The molecule has 0 aliphatic carbocycles. The molecule has 18 heavy (non-hydrogen) atoms. The molecule has 0 spiro atoms. The van der Waals surface area contributed by atoms with Crippen LogP contribution in [0.25, 0.3) is 0 Å². The van der Waals surface area contributed by atoms with Gasteiger partial charge < -0.3 is 5.32 Å². The van der Waals surface area contributed by atoms with Crippen molar-refractivity contribution in [3.63, 3.8) is 0 Å². The number of nitrogens with one attached hydrogen (secondary N) is 1. The fourth-order valence-corrected chi connectivity index (χ4v) is 2.14. The first-order valence-corrected chi connectivity index (χ1v) is 6.35. The van der Waals surface area contributed by atoms with Gasteiger partial charge in [0.2, 0.25) is 5.82 Å². The Morgan fingerprint density at radius 1 is 1.50 bits per heavy atom. The van der Waals surface area contributed by atoms with Crippen molar-refractivity contribution >= 4 is 34.4 Å². The molecular weight excluding hydrogens is 276 g/mol. The van der Waals surface area contributed by atoms with Crippen molar-refractivity contribution in [3.8, 4) is 0 Å². The summed E-state index contributed by atoms with van der Waals surface area (Å²) >= 11 is 7.22. The SMILES string of the molecule is O=[N+]([O-])c1cc(Cl)cnc1NCCc1nccs1. The Balaban J connectivity index is 2.02. The molecule has 0 fully saturated rings. The maximum atomic E-state index is 10.8. The van der Waals surface area contributed by atoms with Gasteiger partial charge in [0, 0.05) is 36.8 Å². The van der Waals surface area contributed by atoms with Gasteiger partial charge in [-0.3, -0.25) is 10.1 Å². The molecule has 0 atom stereocenters. The maximum absolute atomic E-state index is 10.8. The second-order valence-electron chi connectivity index (χ2n) is 3.38. The minimum absolute atomic E-state index is 0.123. The Morgan fingerprint density at radius 2 is 2.33 bits per heavy atom. The molecule has 0 saturated heterocycles. The lowest BCUT2D eigenvalue weighted by molar-refractivity contribution is -0.384. The first kappa shape index (κ1) is 12.7. The van der Waals surface area contributed by atoms with Gasteiger partial charge >= 0.3 is 5.69 Å². The highest BCUT2D eigenvalue weighted by molar-refractivity contribution is 7.09. The quantitative estimate of drug-likeness (QED) is 0.674. The summed E-state index contributed by atoms with van der Waals surface area (Å²) in [5, 5.41) is 16.8. The molecule has 0 unspecified atom stereocenters. The van der Waals surface area contributed by atoms with E-state index < -0.39 is 4.92 Å². The van der Waals surface area contributed by atoms with E-state index in [1.165, 1.54) is 12.3 Å². The van der Waals surface area contributed by atoms with E-state index in [1.54, 1.807) is 17.5 Å². The summed E-state index contributed by atoms with van der Waals surface area (Å²) in [5.74, 6) is 0.223. The van der Waals surface area contributed by atoms with Gasteiger partial charge in [-0.15, -0.1) is 11.3 Å². The van der Waals surface area contributed by atoms with Crippen molar-refractivity contribution in [2.24, 2.45) is 0 Å². The van der Waals surface area contributed by atoms with Gasteiger partial charge in [-0.1, -0.05) is 11.6 Å². The molecular formula is C10H9ClN4O2S. The van der Waals surface area contributed by atoms with Crippen LogP contribution < -0.4 is 5.32 Å². The molecule has 1 N–H and O–H groups in total. The zero-order valence-electron chi connectivity index (χ0n) is 9.17. The molecule has 0 saturated carbocycles. The highest BCUT2D eigenvalue weighted by atomic mass is 35.5. The average molecular weight is 285 g/mol. The van der Waals surface area contributed by atoms with Crippen molar-refractivity contribution in [3.05, 3.63) is 44.0 Å². The maximum Gasteiger partial charge on any atom is 0.312 e. The van der Waals surface area contributed by atoms with Crippen LogP contribution in [0, 0.1) is 10.1 Å². The molecule has 2 aromatic rings. The number of halogens is 1. The van der Waals surface area contributed by atoms with Crippen molar-refractivity contribution in [2.75, 3.05) is 11.9 Å². The van der Waals surface area contributed by atoms with E-state index in [0.29, 0.717) is 13.0 Å². The van der Waals surface area contributed by atoms with E-state index in [2.05, 4.69) is 15.3 Å². The molecule has 2 rings (SSSR count). The molecule has 2 aromatic heterocycles. The van der Waals surface area contributed by atoms with Crippen LogP contribution in [0.1, 0.15) is 5.01 Å². The van der Waals surface area contributed by atoms with Crippen molar-refractivity contribution in [1.82, 2.24) is 9.97 Å². The van der Waals surface area contributed by atoms with Gasteiger partial charge in [0.25, 0.3) is 0 Å². The van der Waals surface area contributed by atoms with Crippen LogP contribution in [0.15, 0.2) is 23.8 Å². The third-order valence-corrected chi connectivity index (χ3v) is 3.19. The molecule has 0 aliphatic heterocycles. The molecule has 94 valence electrons. The number of anilines is 1. The molecule has 0 amide bonds. The Kier molecular flexibility index (Phi) is 4.06. The highest BCUT2D eigenvalue weighted by Crippen LogP contribution is 2.24. The van der Waals surface area contributed by atoms with Gasteiger partial charge in [-0.25, -0.2) is 9.97 Å². The molecule has 0 aromatic carbocycles. The number of hydrogen-bond donors (Lipinski definition) is 1. The van der Waals surface area contributed by atoms with Gasteiger partial charge in [0.1, 0.15) is 0 Å². The topological polar surface area (TPSA) is 81.0 Å². The first-order valence-electron chi connectivity index (χ1n) is 5.09. The smallest absolute Gasteiger partial charge is 0.312 e. The fraction of sp³-hybridized carbons (Fsp3) is 0.200. The largest absolute Gasteiger partial charge is 0.364 e. The van der Waals surface area contributed by atoms with E-state index >= 15 is 0 Å². The molecule has 8 heteroatoms. The van der Waals surface area contributed by atoms with Crippen LogP contribution in [0.4, 0.5) is 11.5 Å². The van der Waals surface area contributed by atoms with Crippen LogP contribution in [0.5, 0.6) is 0 Å². The van der Waals surface area contributed by atoms with Gasteiger partial charge in [0.05, 0.1) is 15.0 Å². The predicted octanol–water partition coefficient (Wildman–Crippen LogP) is 2.75. The van der Waals surface area contributed by atoms with Crippen molar-refractivity contribution < 1.29 is 4.92 Å². The normalized spacial score (nSPS) is 10.3.